The second kappa shape index (κ2) is 10.2. The number of aryl methyl sites for hydroxylation is 1. The molecule has 1 saturated heterocycles. The molecule has 2 heterocycles. The van der Waals surface area contributed by atoms with Gasteiger partial charge in [0.25, 0.3) is 0 Å². The zero-order chi connectivity index (χ0) is 19.8. The Morgan fingerprint density at radius 3 is 2.43 bits per heavy atom. The van der Waals surface area contributed by atoms with E-state index in [0.29, 0.717) is 5.75 Å². The highest BCUT2D eigenvalue weighted by Crippen LogP contribution is 2.10. The summed E-state index contributed by atoms with van der Waals surface area (Å²) in [6, 6.07) is 11.8. The van der Waals surface area contributed by atoms with Crippen LogP contribution in [0.25, 0.3) is 0 Å². The van der Waals surface area contributed by atoms with Gasteiger partial charge in [0.15, 0.2) is 0 Å². The third-order valence-corrected chi connectivity index (χ3v) is 5.74. The summed E-state index contributed by atoms with van der Waals surface area (Å²) in [5.41, 5.74) is 3.22. The molecule has 0 spiro atoms. The summed E-state index contributed by atoms with van der Waals surface area (Å²) >= 11 is 1.37. The molecule has 2 aromatic rings. The second-order valence-electron chi connectivity index (χ2n) is 7.07. The largest absolute Gasteiger partial charge is 0.331 e. The Balaban J connectivity index is 1.33. The number of nitrogens with one attached hydrogen (secondary N) is 2. The van der Waals surface area contributed by atoms with Crippen LogP contribution in [0.5, 0.6) is 0 Å². The van der Waals surface area contributed by atoms with Crippen molar-refractivity contribution in [3.05, 3.63) is 59.9 Å². The average Bonchev–Trinajstić information content (AvgIpc) is 2.71. The fourth-order valence-electron chi connectivity index (χ4n) is 3.19. The van der Waals surface area contributed by atoms with Crippen LogP contribution in [-0.2, 0) is 16.1 Å². The Morgan fingerprint density at radius 1 is 1.07 bits per heavy atom. The van der Waals surface area contributed by atoms with Gasteiger partial charge in [0, 0.05) is 23.6 Å². The van der Waals surface area contributed by atoms with Gasteiger partial charge in [-0.05, 0) is 31.2 Å². The number of benzene rings is 1. The van der Waals surface area contributed by atoms with Crippen LogP contribution >= 0.6 is 11.8 Å². The van der Waals surface area contributed by atoms with Gasteiger partial charge in [0.2, 0.25) is 11.8 Å². The third-order valence-electron chi connectivity index (χ3n) is 4.82. The summed E-state index contributed by atoms with van der Waals surface area (Å²) < 4.78 is 0. The lowest BCUT2D eigenvalue weighted by Crippen LogP contribution is -3.13. The second-order valence-corrected chi connectivity index (χ2v) is 8.06. The van der Waals surface area contributed by atoms with Crippen LogP contribution < -0.4 is 10.2 Å². The van der Waals surface area contributed by atoms with Gasteiger partial charge in [0.1, 0.15) is 6.54 Å². The lowest BCUT2D eigenvalue weighted by atomic mass is 10.2. The normalized spacial score (nSPS) is 14.7. The first-order valence-electron chi connectivity index (χ1n) is 9.54. The van der Waals surface area contributed by atoms with Crippen LogP contribution in [0.15, 0.2) is 48.8 Å². The zero-order valence-corrected chi connectivity index (χ0v) is 17.0. The van der Waals surface area contributed by atoms with E-state index in [1.807, 2.05) is 60.6 Å². The molecule has 0 unspecified atom stereocenters. The Hall–Kier alpha value is -2.38. The Kier molecular flexibility index (Phi) is 7.45. The summed E-state index contributed by atoms with van der Waals surface area (Å²) in [6.45, 7) is 6.43. The van der Waals surface area contributed by atoms with Gasteiger partial charge in [-0.25, -0.2) is 0 Å². The maximum absolute atomic E-state index is 12.4. The predicted octanol–water partition coefficient (Wildman–Crippen LogP) is 0.989. The fraction of sp³-hybridized carbons (Fsp3) is 0.381. The molecule has 28 heavy (non-hydrogen) atoms. The number of aromatic nitrogens is 1. The Morgan fingerprint density at radius 2 is 1.75 bits per heavy atom. The van der Waals surface area contributed by atoms with Crippen molar-refractivity contribution in [3.8, 4) is 0 Å². The lowest BCUT2D eigenvalue weighted by Gasteiger charge is -2.32. The van der Waals surface area contributed by atoms with Crippen LogP contribution in [0.4, 0.5) is 5.69 Å². The summed E-state index contributed by atoms with van der Waals surface area (Å²) in [5.74, 6) is 0.679. The van der Waals surface area contributed by atoms with E-state index in [9.17, 15) is 9.59 Å². The predicted molar refractivity (Wildman–Crippen MR) is 112 cm³/mol. The van der Waals surface area contributed by atoms with E-state index in [2.05, 4.69) is 10.3 Å². The standard InChI is InChI=1S/C21H26N4O2S/c1-17-2-4-19(5-3-17)23-20(26)15-28-16-21(27)25-12-10-24(11-13-25)14-18-6-8-22-9-7-18/h2-9H,10-16H2,1H3,(H,23,26)/p+1. The van der Waals surface area contributed by atoms with E-state index >= 15 is 0 Å². The quantitative estimate of drug-likeness (QED) is 0.729. The molecule has 1 aliphatic heterocycles. The van der Waals surface area contributed by atoms with Crippen molar-refractivity contribution in [2.45, 2.75) is 13.5 Å². The molecule has 2 amide bonds. The van der Waals surface area contributed by atoms with Gasteiger partial charge in [-0.1, -0.05) is 17.7 Å². The minimum atomic E-state index is -0.0757. The highest BCUT2D eigenvalue weighted by molar-refractivity contribution is 8.00. The molecular formula is C21H27N4O2S+. The van der Waals surface area contributed by atoms with Crippen molar-refractivity contribution in [1.29, 1.82) is 0 Å². The first-order chi connectivity index (χ1) is 13.6. The zero-order valence-electron chi connectivity index (χ0n) is 16.2. The molecule has 0 aliphatic carbocycles. The number of hydrogen-bond acceptors (Lipinski definition) is 4. The summed E-state index contributed by atoms with van der Waals surface area (Å²) in [5, 5.41) is 2.86. The molecule has 2 N–H and O–H groups in total. The van der Waals surface area contributed by atoms with E-state index in [4.69, 9.17) is 0 Å². The molecule has 6 nitrogen and oxygen atoms in total. The molecule has 0 saturated carbocycles. The fourth-order valence-corrected chi connectivity index (χ4v) is 3.91. The first-order valence-corrected chi connectivity index (χ1v) is 10.7. The first kappa shape index (κ1) is 20.4. The number of hydrogen-bond donors (Lipinski definition) is 2. The number of rotatable bonds is 7. The minimum absolute atomic E-state index is 0.0757. The number of amides is 2. The molecule has 0 bridgehead atoms. The number of piperazine rings is 1. The van der Waals surface area contributed by atoms with Gasteiger partial charge in [-0.15, -0.1) is 11.8 Å². The highest BCUT2D eigenvalue weighted by atomic mass is 32.2. The van der Waals surface area contributed by atoms with Crippen molar-refractivity contribution in [1.82, 2.24) is 9.88 Å². The van der Waals surface area contributed by atoms with Crippen LogP contribution in [0.3, 0.4) is 0 Å². The topological polar surface area (TPSA) is 66.7 Å². The molecule has 7 heteroatoms. The minimum Gasteiger partial charge on any atom is -0.331 e. The molecule has 0 radical (unpaired) electrons. The van der Waals surface area contributed by atoms with E-state index in [-0.39, 0.29) is 17.6 Å². The molecule has 1 aromatic carbocycles. The van der Waals surface area contributed by atoms with Gasteiger partial charge in [0.05, 0.1) is 37.7 Å². The summed E-state index contributed by atoms with van der Waals surface area (Å²) in [4.78, 5) is 31.9. The summed E-state index contributed by atoms with van der Waals surface area (Å²) in [7, 11) is 0. The van der Waals surface area contributed by atoms with Crippen LogP contribution in [0.2, 0.25) is 0 Å². The molecule has 1 aromatic heterocycles. The number of pyridine rings is 1. The molecular weight excluding hydrogens is 372 g/mol. The Labute approximate surface area is 170 Å². The monoisotopic (exact) mass is 399 g/mol. The molecule has 1 aliphatic rings. The Bertz CT molecular complexity index is 775. The number of anilines is 1. The molecule has 148 valence electrons. The van der Waals surface area contributed by atoms with E-state index in [1.54, 1.807) is 0 Å². The van der Waals surface area contributed by atoms with Crippen molar-refractivity contribution < 1.29 is 14.5 Å². The molecule has 1 fully saturated rings. The van der Waals surface area contributed by atoms with Crippen molar-refractivity contribution >= 4 is 29.3 Å². The SMILES string of the molecule is Cc1ccc(NC(=O)CSCC(=O)N2CC[NH+](Cc3ccncc3)CC2)cc1. The molecule has 3 rings (SSSR count). The highest BCUT2D eigenvalue weighted by Gasteiger charge is 2.23. The van der Waals surface area contributed by atoms with Crippen molar-refractivity contribution in [3.63, 3.8) is 0 Å². The van der Waals surface area contributed by atoms with Crippen LogP contribution in [0.1, 0.15) is 11.1 Å². The number of carbonyl (C=O) groups is 2. The smallest absolute Gasteiger partial charge is 0.234 e. The van der Waals surface area contributed by atoms with Gasteiger partial charge in [-0.3, -0.25) is 14.6 Å². The van der Waals surface area contributed by atoms with Gasteiger partial charge >= 0.3 is 0 Å². The lowest BCUT2D eigenvalue weighted by molar-refractivity contribution is -0.917. The van der Waals surface area contributed by atoms with E-state index in [1.165, 1.54) is 22.2 Å². The van der Waals surface area contributed by atoms with E-state index < -0.39 is 0 Å². The van der Waals surface area contributed by atoms with E-state index in [0.717, 1.165) is 44.0 Å². The maximum Gasteiger partial charge on any atom is 0.234 e. The average molecular weight is 400 g/mol. The van der Waals surface area contributed by atoms with Crippen LogP contribution in [-0.4, -0.2) is 59.4 Å². The third kappa shape index (κ3) is 6.35. The molecule has 0 atom stereocenters. The summed E-state index contributed by atoms with van der Waals surface area (Å²) in [6.07, 6.45) is 3.64. The maximum atomic E-state index is 12.4. The van der Waals surface area contributed by atoms with Crippen molar-refractivity contribution in [2.75, 3.05) is 43.0 Å². The van der Waals surface area contributed by atoms with Gasteiger partial charge < -0.3 is 15.1 Å². The number of nitrogens with zero attached hydrogens (tertiary/aromatic N) is 2. The van der Waals surface area contributed by atoms with Crippen LogP contribution in [0, 0.1) is 6.92 Å². The van der Waals surface area contributed by atoms with Gasteiger partial charge in [-0.2, -0.15) is 0 Å². The number of quaternary nitrogens is 1. The van der Waals surface area contributed by atoms with Crippen molar-refractivity contribution in [2.24, 2.45) is 0 Å². The number of carbonyl (C=O) groups excluding carboxylic acids is 2. The number of thioether (sulfide) groups is 1.